The lowest BCUT2D eigenvalue weighted by molar-refractivity contribution is -0.182. The number of ketones is 1. The Morgan fingerprint density at radius 2 is 1.86 bits per heavy atom. The molecule has 0 aromatic rings. The molecule has 0 amide bonds. The molecule has 10 atom stereocenters. The normalized spacial score (nSPS) is 50.4. The second-order valence-electron chi connectivity index (χ2n) is 11.3. The third-order valence-electron chi connectivity index (χ3n) is 10.1. The molecule has 4 fully saturated rings. The van der Waals surface area contributed by atoms with Crippen LogP contribution in [0.1, 0.15) is 78.6 Å². The van der Waals surface area contributed by atoms with Crippen LogP contribution in [0.5, 0.6) is 0 Å². The van der Waals surface area contributed by atoms with Crippen molar-refractivity contribution in [3.8, 4) is 0 Å². The van der Waals surface area contributed by atoms with Crippen LogP contribution in [0.25, 0.3) is 0 Å². The van der Waals surface area contributed by atoms with E-state index in [0.29, 0.717) is 25.0 Å². The molecule has 4 aliphatic carbocycles. The van der Waals surface area contributed by atoms with Gasteiger partial charge in [0.15, 0.2) is 0 Å². The van der Waals surface area contributed by atoms with Gasteiger partial charge in [-0.3, -0.25) is 9.59 Å². The zero-order valence-electron chi connectivity index (χ0n) is 18.1. The van der Waals surface area contributed by atoms with E-state index in [1.807, 2.05) is 0 Å². The molecule has 5 nitrogen and oxygen atoms in total. The van der Waals surface area contributed by atoms with Crippen LogP contribution < -0.4 is 0 Å². The Hall–Kier alpha value is -0.940. The number of aliphatic carboxylic acids is 1. The SMILES string of the molecule is C[C@H](CCC(=O)O)[C@@H]1CC[C@H]2[C@@H]3C(=O)C[C@@H]4C[C@H](O)CC[C@@]4(C)[C@@H]3C[C@H](O)[C@@]21C. The minimum Gasteiger partial charge on any atom is -0.481 e. The van der Waals surface area contributed by atoms with E-state index < -0.39 is 12.1 Å². The lowest BCUT2D eigenvalue weighted by Gasteiger charge is -2.61. The quantitative estimate of drug-likeness (QED) is 0.662. The lowest BCUT2D eigenvalue weighted by Crippen LogP contribution is -2.61. The van der Waals surface area contributed by atoms with E-state index in [2.05, 4.69) is 20.8 Å². The van der Waals surface area contributed by atoms with Gasteiger partial charge in [-0.1, -0.05) is 20.8 Å². The molecule has 0 aromatic carbocycles. The molecule has 164 valence electrons. The summed E-state index contributed by atoms with van der Waals surface area (Å²) in [5.74, 6) is 0.775. The number of hydrogen-bond acceptors (Lipinski definition) is 4. The van der Waals surface area contributed by atoms with Crippen molar-refractivity contribution in [1.29, 1.82) is 0 Å². The highest BCUT2D eigenvalue weighted by atomic mass is 16.4. The molecule has 0 aromatic heterocycles. The fourth-order valence-electron chi connectivity index (χ4n) is 8.40. The molecule has 3 N–H and O–H groups in total. The van der Waals surface area contributed by atoms with Gasteiger partial charge in [-0.15, -0.1) is 0 Å². The number of aliphatic hydroxyl groups is 2. The van der Waals surface area contributed by atoms with Crippen LogP contribution in [0, 0.1) is 46.3 Å². The fraction of sp³-hybridized carbons (Fsp3) is 0.917. The van der Waals surface area contributed by atoms with Gasteiger partial charge in [0.05, 0.1) is 12.2 Å². The third-order valence-corrected chi connectivity index (χ3v) is 10.1. The van der Waals surface area contributed by atoms with Crippen molar-refractivity contribution in [2.45, 2.75) is 90.8 Å². The molecule has 0 heterocycles. The lowest BCUT2D eigenvalue weighted by atomic mass is 9.43. The van der Waals surface area contributed by atoms with E-state index in [-0.39, 0.29) is 58.9 Å². The molecule has 0 unspecified atom stereocenters. The van der Waals surface area contributed by atoms with Gasteiger partial charge >= 0.3 is 5.97 Å². The standard InChI is InChI=1S/C24H38O5/c1-13(4-7-21(28)29)16-5-6-17-22-18(12-20(27)24(16,17)3)23(2)9-8-15(25)10-14(23)11-19(22)26/h13-18,20,22,25,27H,4-12H2,1-3H3,(H,28,29)/t13-,14+,15-,16+,17+,18-,20+,22+,23-,24-/m1/s1. The zero-order chi connectivity index (χ0) is 21.1. The van der Waals surface area contributed by atoms with E-state index in [9.17, 15) is 19.8 Å². The number of carboxylic acids is 1. The number of fused-ring (bicyclic) bond motifs is 5. The van der Waals surface area contributed by atoms with Gasteiger partial charge < -0.3 is 15.3 Å². The summed E-state index contributed by atoms with van der Waals surface area (Å²) in [5, 5.41) is 30.7. The monoisotopic (exact) mass is 406 g/mol. The van der Waals surface area contributed by atoms with Crippen LogP contribution in [0.2, 0.25) is 0 Å². The van der Waals surface area contributed by atoms with Gasteiger partial charge in [-0.25, -0.2) is 0 Å². The van der Waals surface area contributed by atoms with Gasteiger partial charge in [0.2, 0.25) is 0 Å². The van der Waals surface area contributed by atoms with Gasteiger partial charge in [-0.2, -0.15) is 0 Å². The summed E-state index contributed by atoms with van der Waals surface area (Å²) in [6, 6.07) is 0. The van der Waals surface area contributed by atoms with Crippen LogP contribution in [0.3, 0.4) is 0 Å². The van der Waals surface area contributed by atoms with Gasteiger partial charge in [0.25, 0.3) is 0 Å². The predicted octanol–water partition coefficient (Wildman–Crippen LogP) is 3.66. The maximum atomic E-state index is 13.4. The Bertz CT molecular complexity index is 676. The molecule has 0 spiro atoms. The average Bonchev–Trinajstić information content (AvgIpc) is 3.01. The molecule has 4 rings (SSSR count). The van der Waals surface area contributed by atoms with E-state index in [0.717, 1.165) is 32.1 Å². The second kappa shape index (κ2) is 7.33. The second-order valence-corrected chi connectivity index (χ2v) is 11.3. The Morgan fingerprint density at radius 3 is 2.55 bits per heavy atom. The first-order valence-corrected chi connectivity index (χ1v) is 11.7. The highest BCUT2D eigenvalue weighted by molar-refractivity contribution is 5.83. The number of rotatable bonds is 4. The van der Waals surface area contributed by atoms with Crippen molar-refractivity contribution < 1.29 is 24.9 Å². The van der Waals surface area contributed by atoms with Crippen molar-refractivity contribution in [3.63, 3.8) is 0 Å². The Labute approximate surface area is 174 Å². The molecule has 4 saturated carbocycles. The van der Waals surface area contributed by atoms with Crippen molar-refractivity contribution in [3.05, 3.63) is 0 Å². The first kappa shape index (κ1) is 21.3. The molecule has 4 aliphatic rings. The summed E-state index contributed by atoms with van der Waals surface area (Å²) in [6.45, 7) is 6.62. The number of carbonyl (C=O) groups excluding carboxylic acids is 1. The van der Waals surface area contributed by atoms with Crippen molar-refractivity contribution in [1.82, 2.24) is 0 Å². The van der Waals surface area contributed by atoms with Crippen LogP contribution in [-0.2, 0) is 9.59 Å². The Balaban J connectivity index is 1.62. The highest BCUT2D eigenvalue weighted by Gasteiger charge is 2.65. The molecular weight excluding hydrogens is 368 g/mol. The molecular formula is C24H38O5. The topological polar surface area (TPSA) is 94.8 Å². The van der Waals surface area contributed by atoms with Crippen molar-refractivity contribution in [2.24, 2.45) is 46.3 Å². The van der Waals surface area contributed by atoms with Crippen molar-refractivity contribution >= 4 is 11.8 Å². The first-order valence-electron chi connectivity index (χ1n) is 11.7. The minimum absolute atomic E-state index is 0.0246. The predicted molar refractivity (Wildman–Crippen MR) is 109 cm³/mol. The summed E-state index contributed by atoms with van der Waals surface area (Å²) < 4.78 is 0. The molecule has 29 heavy (non-hydrogen) atoms. The summed E-state index contributed by atoms with van der Waals surface area (Å²) >= 11 is 0. The average molecular weight is 407 g/mol. The number of aliphatic hydroxyl groups excluding tert-OH is 2. The summed E-state index contributed by atoms with van der Waals surface area (Å²) in [4.78, 5) is 24.4. The highest BCUT2D eigenvalue weighted by Crippen LogP contribution is 2.67. The molecule has 5 heteroatoms. The Morgan fingerprint density at radius 1 is 1.14 bits per heavy atom. The molecule has 0 aliphatic heterocycles. The number of carboxylic acid groups (broad SMARTS) is 1. The van der Waals surface area contributed by atoms with E-state index in [1.165, 1.54) is 0 Å². The van der Waals surface area contributed by atoms with Crippen LogP contribution in [-0.4, -0.2) is 39.3 Å². The summed E-state index contributed by atoms with van der Waals surface area (Å²) in [7, 11) is 0. The summed E-state index contributed by atoms with van der Waals surface area (Å²) in [5.41, 5.74) is -0.265. The van der Waals surface area contributed by atoms with Gasteiger partial charge in [0.1, 0.15) is 5.78 Å². The fourth-order valence-corrected chi connectivity index (χ4v) is 8.40. The molecule has 0 bridgehead atoms. The molecule has 0 saturated heterocycles. The summed E-state index contributed by atoms with van der Waals surface area (Å²) in [6.07, 6.45) is 5.74. The first-order chi connectivity index (χ1) is 13.6. The number of Topliss-reactive ketones (excluding diaryl/α,β-unsaturated/α-hetero) is 1. The number of carbonyl (C=O) groups is 2. The maximum Gasteiger partial charge on any atom is 0.303 e. The van der Waals surface area contributed by atoms with Crippen LogP contribution in [0.4, 0.5) is 0 Å². The van der Waals surface area contributed by atoms with Crippen LogP contribution >= 0.6 is 0 Å². The third kappa shape index (κ3) is 3.18. The van der Waals surface area contributed by atoms with E-state index in [1.54, 1.807) is 0 Å². The largest absolute Gasteiger partial charge is 0.481 e. The maximum absolute atomic E-state index is 13.4. The van der Waals surface area contributed by atoms with Crippen molar-refractivity contribution in [2.75, 3.05) is 0 Å². The smallest absolute Gasteiger partial charge is 0.303 e. The van der Waals surface area contributed by atoms with Gasteiger partial charge in [0, 0.05) is 24.2 Å². The van der Waals surface area contributed by atoms with Gasteiger partial charge in [-0.05, 0) is 80.0 Å². The minimum atomic E-state index is -0.762. The van der Waals surface area contributed by atoms with E-state index >= 15 is 0 Å². The number of hydrogen-bond donors (Lipinski definition) is 3. The Kier molecular flexibility index (Phi) is 5.39. The van der Waals surface area contributed by atoms with E-state index in [4.69, 9.17) is 5.11 Å². The van der Waals surface area contributed by atoms with Crippen LogP contribution in [0.15, 0.2) is 0 Å². The zero-order valence-corrected chi connectivity index (χ0v) is 18.1. The molecule has 0 radical (unpaired) electrons.